The second-order valence-corrected chi connectivity index (χ2v) is 6.22. The highest BCUT2D eigenvalue weighted by atomic mass is 15.3. The summed E-state index contributed by atoms with van der Waals surface area (Å²) in [6.07, 6.45) is 8.77. The molecule has 0 spiro atoms. The Morgan fingerprint density at radius 2 is 1.76 bits per heavy atom. The zero-order valence-electron chi connectivity index (χ0n) is 13.9. The lowest BCUT2D eigenvalue weighted by atomic mass is 9.89. The molecule has 1 heterocycles. The molecule has 118 valence electrons. The topological polar surface area (TPSA) is 55.0 Å². The van der Waals surface area contributed by atoms with E-state index in [0.717, 1.165) is 36.8 Å². The predicted octanol–water partition coefficient (Wildman–Crippen LogP) is 3.08. The van der Waals surface area contributed by atoms with Crippen LogP contribution in [0.15, 0.2) is 0 Å². The average molecular weight is 290 g/mol. The number of hydrogen-bond acceptors (Lipinski definition) is 4. The fourth-order valence-electron chi connectivity index (χ4n) is 3.60. The first kappa shape index (κ1) is 16.2. The van der Waals surface area contributed by atoms with Crippen LogP contribution >= 0.6 is 0 Å². The molecule has 0 amide bonds. The van der Waals surface area contributed by atoms with E-state index in [1.165, 1.54) is 43.2 Å². The van der Waals surface area contributed by atoms with Crippen LogP contribution in [-0.2, 0) is 19.4 Å². The van der Waals surface area contributed by atoms with Crippen molar-refractivity contribution in [2.45, 2.75) is 65.3 Å². The number of aromatic nitrogens is 2. The van der Waals surface area contributed by atoms with Crippen molar-refractivity contribution in [2.24, 2.45) is 11.7 Å². The van der Waals surface area contributed by atoms with Crippen molar-refractivity contribution < 1.29 is 0 Å². The fraction of sp³-hybridized carbons (Fsp3) is 0.765. The molecule has 1 aromatic heterocycles. The Bertz CT molecular complexity index is 452. The lowest BCUT2D eigenvalue weighted by molar-refractivity contribution is 0.361. The molecule has 0 aromatic carbocycles. The highest BCUT2D eigenvalue weighted by molar-refractivity contribution is 5.50. The number of hydrogen-bond donors (Lipinski definition) is 1. The molecule has 1 fully saturated rings. The lowest BCUT2D eigenvalue weighted by Crippen LogP contribution is -2.29. The van der Waals surface area contributed by atoms with Crippen LogP contribution < -0.4 is 10.6 Å². The second-order valence-electron chi connectivity index (χ2n) is 6.22. The van der Waals surface area contributed by atoms with Gasteiger partial charge in [0.2, 0.25) is 0 Å². The van der Waals surface area contributed by atoms with Gasteiger partial charge in [-0.05, 0) is 37.2 Å². The molecule has 21 heavy (non-hydrogen) atoms. The molecule has 0 unspecified atom stereocenters. The number of anilines is 1. The maximum absolute atomic E-state index is 6.03. The van der Waals surface area contributed by atoms with Gasteiger partial charge in [0, 0.05) is 25.7 Å². The van der Waals surface area contributed by atoms with Crippen LogP contribution in [0.25, 0.3) is 0 Å². The molecule has 2 N–H and O–H groups in total. The molecule has 4 nitrogen and oxygen atoms in total. The predicted molar refractivity (Wildman–Crippen MR) is 88.5 cm³/mol. The zero-order valence-corrected chi connectivity index (χ0v) is 13.9. The summed E-state index contributed by atoms with van der Waals surface area (Å²) < 4.78 is 0. The molecule has 0 aliphatic heterocycles. The second kappa shape index (κ2) is 7.74. The van der Waals surface area contributed by atoms with E-state index in [4.69, 9.17) is 5.73 Å². The Morgan fingerprint density at radius 3 is 2.33 bits per heavy atom. The minimum atomic E-state index is 0.552. The number of nitrogens with zero attached hydrogens (tertiary/aromatic N) is 3. The third kappa shape index (κ3) is 3.73. The number of rotatable bonds is 6. The smallest absolute Gasteiger partial charge is 0.155 e. The van der Waals surface area contributed by atoms with E-state index in [1.807, 2.05) is 0 Å². The lowest BCUT2D eigenvalue weighted by Gasteiger charge is -2.29. The average Bonchev–Trinajstić information content (AvgIpc) is 2.53. The largest absolute Gasteiger partial charge is 0.358 e. The molecule has 1 saturated carbocycles. The van der Waals surface area contributed by atoms with E-state index >= 15 is 0 Å². The first-order chi connectivity index (χ1) is 10.2. The van der Waals surface area contributed by atoms with Crippen LogP contribution in [0.5, 0.6) is 0 Å². The first-order valence-electron chi connectivity index (χ1n) is 8.49. The van der Waals surface area contributed by atoms with Gasteiger partial charge >= 0.3 is 0 Å². The standard InChI is InChI=1S/C17H30N4/c1-4-14-15(11-18)17(20-19-16(14)5-2)21(3)12-13-9-7-6-8-10-13/h13H,4-12,18H2,1-3H3. The van der Waals surface area contributed by atoms with E-state index < -0.39 is 0 Å². The molecule has 2 rings (SSSR count). The summed E-state index contributed by atoms with van der Waals surface area (Å²) in [6, 6.07) is 0. The molecular formula is C17H30N4. The quantitative estimate of drug-likeness (QED) is 0.875. The van der Waals surface area contributed by atoms with Crippen LogP contribution in [0.4, 0.5) is 5.82 Å². The third-order valence-electron chi connectivity index (χ3n) is 4.76. The summed E-state index contributed by atoms with van der Waals surface area (Å²) in [5.74, 6) is 1.80. The van der Waals surface area contributed by atoms with Gasteiger partial charge < -0.3 is 10.6 Å². The van der Waals surface area contributed by atoms with E-state index in [-0.39, 0.29) is 0 Å². The molecule has 0 atom stereocenters. The normalized spacial score (nSPS) is 16.2. The molecule has 0 bridgehead atoms. The molecule has 4 heteroatoms. The van der Waals surface area contributed by atoms with E-state index in [9.17, 15) is 0 Å². The Kier molecular flexibility index (Phi) is 5.97. The first-order valence-corrected chi connectivity index (χ1v) is 8.49. The monoisotopic (exact) mass is 290 g/mol. The van der Waals surface area contributed by atoms with Crippen molar-refractivity contribution >= 4 is 5.82 Å². The Balaban J connectivity index is 2.21. The summed E-state index contributed by atoms with van der Waals surface area (Å²) in [6.45, 7) is 5.95. The maximum Gasteiger partial charge on any atom is 0.155 e. The molecule has 0 radical (unpaired) electrons. The summed E-state index contributed by atoms with van der Waals surface area (Å²) >= 11 is 0. The van der Waals surface area contributed by atoms with Gasteiger partial charge in [-0.2, -0.15) is 5.10 Å². The van der Waals surface area contributed by atoms with Crippen molar-refractivity contribution in [3.63, 3.8) is 0 Å². The van der Waals surface area contributed by atoms with Gasteiger partial charge in [0.15, 0.2) is 5.82 Å². The zero-order chi connectivity index (χ0) is 15.2. The van der Waals surface area contributed by atoms with Gasteiger partial charge in [-0.25, -0.2) is 0 Å². The minimum absolute atomic E-state index is 0.552. The van der Waals surface area contributed by atoms with E-state index in [2.05, 4.69) is 36.0 Å². The highest BCUT2D eigenvalue weighted by Gasteiger charge is 2.20. The molecule has 1 aromatic rings. The Labute approximate surface area is 129 Å². The summed E-state index contributed by atoms with van der Waals surface area (Å²) in [5, 5.41) is 8.93. The van der Waals surface area contributed by atoms with Crippen molar-refractivity contribution in [2.75, 3.05) is 18.5 Å². The van der Waals surface area contributed by atoms with Gasteiger partial charge in [0.05, 0.1) is 5.69 Å². The van der Waals surface area contributed by atoms with Crippen molar-refractivity contribution in [3.8, 4) is 0 Å². The summed E-state index contributed by atoms with van der Waals surface area (Å²) in [4.78, 5) is 2.28. The van der Waals surface area contributed by atoms with Gasteiger partial charge in [0.1, 0.15) is 0 Å². The van der Waals surface area contributed by atoms with E-state index in [0.29, 0.717) is 6.54 Å². The third-order valence-corrected chi connectivity index (χ3v) is 4.76. The Hall–Kier alpha value is -1.16. The van der Waals surface area contributed by atoms with E-state index in [1.54, 1.807) is 0 Å². The molecule has 1 aliphatic carbocycles. The van der Waals surface area contributed by atoms with Crippen molar-refractivity contribution in [1.29, 1.82) is 0 Å². The van der Waals surface area contributed by atoms with Gasteiger partial charge in [-0.15, -0.1) is 5.10 Å². The molecule has 0 saturated heterocycles. The van der Waals surface area contributed by atoms with Crippen LogP contribution in [-0.4, -0.2) is 23.8 Å². The highest BCUT2D eigenvalue weighted by Crippen LogP contribution is 2.28. The molecular weight excluding hydrogens is 260 g/mol. The van der Waals surface area contributed by atoms with Crippen LogP contribution in [0.2, 0.25) is 0 Å². The van der Waals surface area contributed by atoms with Crippen LogP contribution in [0.3, 0.4) is 0 Å². The SMILES string of the molecule is CCc1nnc(N(C)CC2CCCCC2)c(CN)c1CC. The summed E-state index contributed by atoms with van der Waals surface area (Å²) in [7, 11) is 2.14. The fourth-order valence-corrected chi connectivity index (χ4v) is 3.60. The Morgan fingerprint density at radius 1 is 1.05 bits per heavy atom. The van der Waals surface area contributed by atoms with Crippen LogP contribution in [0.1, 0.15) is 62.8 Å². The van der Waals surface area contributed by atoms with Crippen LogP contribution in [0, 0.1) is 5.92 Å². The van der Waals surface area contributed by atoms with Gasteiger partial charge in [-0.1, -0.05) is 33.1 Å². The van der Waals surface area contributed by atoms with Crippen molar-refractivity contribution in [3.05, 3.63) is 16.8 Å². The summed E-state index contributed by atoms with van der Waals surface area (Å²) in [5.41, 5.74) is 9.63. The van der Waals surface area contributed by atoms with Gasteiger partial charge in [-0.3, -0.25) is 0 Å². The number of aryl methyl sites for hydroxylation is 1. The van der Waals surface area contributed by atoms with Gasteiger partial charge in [0.25, 0.3) is 0 Å². The van der Waals surface area contributed by atoms with Crippen molar-refractivity contribution in [1.82, 2.24) is 10.2 Å². The maximum atomic E-state index is 6.03. The number of nitrogens with two attached hydrogens (primary N) is 1. The minimum Gasteiger partial charge on any atom is -0.358 e. The molecule has 1 aliphatic rings.